The van der Waals surface area contributed by atoms with Crippen LogP contribution in [0.2, 0.25) is 0 Å². The third-order valence-corrected chi connectivity index (χ3v) is 5.73. The Morgan fingerprint density at radius 3 is 2.44 bits per heavy atom. The molecule has 18 heavy (non-hydrogen) atoms. The summed E-state index contributed by atoms with van der Waals surface area (Å²) in [6.07, 6.45) is 0.427. The molecule has 0 bridgehead atoms. The minimum absolute atomic E-state index is 0.0462. The molecule has 1 atom stereocenters. The Bertz CT molecular complexity index is 449. The summed E-state index contributed by atoms with van der Waals surface area (Å²) in [7, 11) is -3.34. The summed E-state index contributed by atoms with van der Waals surface area (Å²) in [5.41, 5.74) is 0. The molecule has 0 spiro atoms. The van der Waals surface area contributed by atoms with E-state index in [1.54, 1.807) is 20.8 Å². The van der Waals surface area contributed by atoms with Crippen molar-refractivity contribution in [3.63, 3.8) is 0 Å². The maximum Gasteiger partial charge on any atom is 0.326 e. The number of carboxylic acid groups (broad SMARTS) is 1. The summed E-state index contributed by atoms with van der Waals surface area (Å²) < 4.78 is 22.9. The van der Waals surface area contributed by atoms with E-state index in [2.05, 4.69) is 0 Å². The summed E-state index contributed by atoms with van der Waals surface area (Å²) in [6.45, 7) is 4.71. The minimum atomic E-state index is -3.34. The van der Waals surface area contributed by atoms with Gasteiger partial charge in [-0.25, -0.2) is 13.2 Å². The van der Waals surface area contributed by atoms with E-state index in [0.717, 1.165) is 4.90 Å². The quantitative estimate of drug-likeness (QED) is 0.796. The first-order chi connectivity index (χ1) is 8.06. The molecule has 0 aromatic rings. The Labute approximate surface area is 107 Å². The maximum absolute atomic E-state index is 11.9. The fraction of sp³-hybridized carbons (Fsp3) is 0.818. The predicted octanol–water partition coefficient (Wildman–Crippen LogP) is 0.275. The van der Waals surface area contributed by atoms with Crippen LogP contribution in [-0.2, 0) is 19.4 Å². The summed E-state index contributed by atoms with van der Waals surface area (Å²) in [4.78, 5) is 23.6. The lowest BCUT2D eigenvalue weighted by Gasteiger charge is -2.24. The standard InChI is InChI=1S/C11H19NO5S/c1-11(2,3)18(16,17)7-6-12-8(10(14)15)4-5-9(12)13/h8H,4-7H2,1-3H3,(H,14,15). The molecule has 1 unspecified atom stereocenters. The third kappa shape index (κ3) is 3.01. The molecular weight excluding hydrogens is 258 g/mol. The Balaban J connectivity index is 2.74. The fourth-order valence-electron chi connectivity index (χ4n) is 1.80. The molecule has 7 heteroatoms. The van der Waals surface area contributed by atoms with Crippen LogP contribution in [0, 0.1) is 0 Å². The highest BCUT2D eigenvalue weighted by Crippen LogP contribution is 2.21. The molecule has 104 valence electrons. The Morgan fingerprint density at radius 1 is 1.44 bits per heavy atom. The van der Waals surface area contributed by atoms with Gasteiger partial charge in [-0.3, -0.25) is 4.79 Å². The van der Waals surface area contributed by atoms with E-state index in [1.165, 1.54) is 0 Å². The molecule has 0 aliphatic carbocycles. The van der Waals surface area contributed by atoms with Crippen LogP contribution >= 0.6 is 0 Å². The fourth-order valence-corrected chi connectivity index (χ4v) is 2.84. The zero-order valence-corrected chi connectivity index (χ0v) is 11.7. The number of carbonyl (C=O) groups is 2. The lowest BCUT2D eigenvalue weighted by Crippen LogP contribution is -2.43. The van der Waals surface area contributed by atoms with Gasteiger partial charge in [0, 0.05) is 13.0 Å². The number of hydrogen-bond acceptors (Lipinski definition) is 4. The zero-order valence-electron chi connectivity index (χ0n) is 10.8. The smallest absolute Gasteiger partial charge is 0.326 e. The highest BCUT2D eigenvalue weighted by atomic mass is 32.2. The zero-order chi connectivity index (χ0) is 14.1. The highest BCUT2D eigenvalue weighted by molar-refractivity contribution is 7.92. The summed E-state index contributed by atoms with van der Waals surface area (Å²) in [6, 6.07) is -0.882. The first kappa shape index (κ1) is 14.9. The molecule has 0 radical (unpaired) electrons. The lowest BCUT2D eigenvalue weighted by atomic mass is 10.2. The first-order valence-corrected chi connectivity index (χ1v) is 7.46. The molecule has 1 aliphatic heterocycles. The molecule has 1 rings (SSSR count). The van der Waals surface area contributed by atoms with Gasteiger partial charge in [0.05, 0.1) is 10.5 Å². The summed E-state index contributed by atoms with van der Waals surface area (Å²) >= 11 is 0. The highest BCUT2D eigenvalue weighted by Gasteiger charge is 2.37. The number of rotatable bonds is 4. The molecule has 1 aliphatic rings. The number of likely N-dealkylation sites (tertiary alicyclic amines) is 1. The van der Waals surface area contributed by atoms with E-state index in [4.69, 9.17) is 5.11 Å². The molecular formula is C11H19NO5S. The van der Waals surface area contributed by atoms with E-state index in [-0.39, 0.29) is 31.0 Å². The largest absolute Gasteiger partial charge is 0.480 e. The van der Waals surface area contributed by atoms with Crippen molar-refractivity contribution in [2.75, 3.05) is 12.3 Å². The minimum Gasteiger partial charge on any atom is -0.480 e. The van der Waals surface area contributed by atoms with E-state index in [9.17, 15) is 18.0 Å². The van der Waals surface area contributed by atoms with Crippen molar-refractivity contribution in [2.24, 2.45) is 0 Å². The van der Waals surface area contributed by atoms with Crippen LogP contribution in [0.3, 0.4) is 0 Å². The van der Waals surface area contributed by atoms with E-state index < -0.39 is 26.6 Å². The lowest BCUT2D eigenvalue weighted by molar-refractivity contribution is -0.146. The number of carbonyl (C=O) groups excluding carboxylic acids is 1. The first-order valence-electron chi connectivity index (χ1n) is 5.81. The van der Waals surface area contributed by atoms with Crippen molar-refractivity contribution in [2.45, 2.75) is 44.4 Å². The van der Waals surface area contributed by atoms with Crippen molar-refractivity contribution in [3.05, 3.63) is 0 Å². The number of hydrogen-bond donors (Lipinski definition) is 1. The van der Waals surface area contributed by atoms with Gasteiger partial charge < -0.3 is 10.0 Å². The van der Waals surface area contributed by atoms with Gasteiger partial charge in [0.2, 0.25) is 5.91 Å². The monoisotopic (exact) mass is 277 g/mol. The Kier molecular flexibility index (Phi) is 4.05. The van der Waals surface area contributed by atoms with Gasteiger partial charge in [-0.1, -0.05) is 0 Å². The average Bonchev–Trinajstić information content (AvgIpc) is 2.55. The topological polar surface area (TPSA) is 91.8 Å². The van der Waals surface area contributed by atoms with Crippen molar-refractivity contribution in [1.29, 1.82) is 0 Å². The Hall–Kier alpha value is -1.11. The second-order valence-corrected chi connectivity index (χ2v) is 8.27. The molecule has 1 saturated heterocycles. The van der Waals surface area contributed by atoms with Crippen LogP contribution in [0.1, 0.15) is 33.6 Å². The van der Waals surface area contributed by atoms with Crippen LogP contribution in [-0.4, -0.2) is 53.4 Å². The second kappa shape index (κ2) is 4.87. The van der Waals surface area contributed by atoms with Crippen molar-refractivity contribution in [3.8, 4) is 0 Å². The van der Waals surface area contributed by atoms with Gasteiger partial charge in [0.15, 0.2) is 9.84 Å². The Morgan fingerprint density at radius 2 is 2.00 bits per heavy atom. The van der Waals surface area contributed by atoms with Gasteiger partial charge >= 0.3 is 5.97 Å². The number of sulfone groups is 1. The molecule has 6 nitrogen and oxygen atoms in total. The summed E-state index contributed by atoms with van der Waals surface area (Å²) in [5.74, 6) is -1.56. The van der Waals surface area contributed by atoms with Gasteiger partial charge in [-0.15, -0.1) is 0 Å². The summed E-state index contributed by atoms with van der Waals surface area (Å²) in [5, 5.41) is 8.95. The predicted molar refractivity (Wildman–Crippen MR) is 65.9 cm³/mol. The van der Waals surface area contributed by atoms with Gasteiger partial charge in [0.1, 0.15) is 6.04 Å². The molecule has 0 aromatic heterocycles. The van der Waals surface area contributed by atoms with Crippen LogP contribution in [0.5, 0.6) is 0 Å². The number of aliphatic carboxylic acids is 1. The van der Waals surface area contributed by atoms with Crippen LogP contribution < -0.4 is 0 Å². The van der Waals surface area contributed by atoms with Crippen molar-refractivity contribution >= 4 is 21.7 Å². The number of amides is 1. The van der Waals surface area contributed by atoms with E-state index >= 15 is 0 Å². The molecule has 1 fully saturated rings. The van der Waals surface area contributed by atoms with Crippen LogP contribution in [0.4, 0.5) is 0 Å². The SMILES string of the molecule is CC(C)(C)S(=O)(=O)CCN1C(=O)CCC1C(=O)O. The van der Waals surface area contributed by atoms with E-state index in [1.807, 2.05) is 0 Å². The number of nitrogens with zero attached hydrogens (tertiary/aromatic N) is 1. The van der Waals surface area contributed by atoms with Crippen molar-refractivity contribution < 1.29 is 23.1 Å². The van der Waals surface area contributed by atoms with Gasteiger partial charge in [-0.05, 0) is 27.2 Å². The molecule has 1 amide bonds. The third-order valence-electron chi connectivity index (χ3n) is 3.15. The van der Waals surface area contributed by atoms with Gasteiger partial charge in [0.25, 0.3) is 0 Å². The normalized spacial score (nSPS) is 21.4. The molecule has 1 heterocycles. The molecule has 0 saturated carbocycles. The average molecular weight is 277 g/mol. The molecule has 1 N–H and O–H groups in total. The van der Waals surface area contributed by atoms with Crippen LogP contribution in [0.15, 0.2) is 0 Å². The maximum atomic E-state index is 11.9. The van der Waals surface area contributed by atoms with Crippen LogP contribution in [0.25, 0.3) is 0 Å². The van der Waals surface area contributed by atoms with E-state index in [0.29, 0.717) is 0 Å². The molecule has 0 aromatic carbocycles. The number of carboxylic acids is 1. The van der Waals surface area contributed by atoms with Crippen molar-refractivity contribution in [1.82, 2.24) is 4.90 Å². The van der Waals surface area contributed by atoms with Gasteiger partial charge in [-0.2, -0.15) is 0 Å². The second-order valence-electron chi connectivity index (χ2n) is 5.41.